The van der Waals surface area contributed by atoms with E-state index in [-0.39, 0.29) is 0 Å². The molecule has 3 nitrogen and oxygen atoms in total. The van der Waals surface area contributed by atoms with E-state index in [4.69, 9.17) is 17.3 Å². The predicted molar refractivity (Wildman–Crippen MR) is 75.6 cm³/mol. The Bertz CT molecular complexity index is 428. The van der Waals surface area contributed by atoms with Gasteiger partial charge in [-0.3, -0.25) is 0 Å². The smallest absolute Gasteiger partial charge is 0.124 e. The normalized spacial score (nSPS) is 13.2. The lowest BCUT2D eigenvalue weighted by Crippen LogP contribution is -2.11. The van der Waals surface area contributed by atoms with Crippen LogP contribution in [0.2, 0.25) is 5.02 Å². The number of rotatable bonds is 4. The van der Waals surface area contributed by atoms with Gasteiger partial charge in [0.15, 0.2) is 0 Å². The lowest BCUT2D eigenvalue weighted by molar-refractivity contribution is -0.107. The van der Waals surface area contributed by atoms with Crippen LogP contribution in [-0.2, 0) is 11.2 Å². The fourth-order valence-corrected chi connectivity index (χ4v) is 1.91. The standard InChI is InChI=1S/C11H11ClO.C3H8N2/c12-11-3-1-2-9(8-4-5-8)10(11)6-7-13;1-3(4)5-2/h1-3,7-8H,4-6H2;5H,1,4H2,2H3. The second-order valence-electron chi connectivity index (χ2n) is 4.23. The summed E-state index contributed by atoms with van der Waals surface area (Å²) in [5.74, 6) is 1.17. The molecule has 1 aliphatic carbocycles. The van der Waals surface area contributed by atoms with E-state index >= 15 is 0 Å². The van der Waals surface area contributed by atoms with Crippen LogP contribution in [0.15, 0.2) is 30.6 Å². The summed E-state index contributed by atoms with van der Waals surface area (Å²) in [5.41, 5.74) is 7.29. The first-order valence-electron chi connectivity index (χ1n) is 5.93. The van der Waals surface area contributed by atoms with E-state index in [0.717, 1.165) is 16.9 Å². The molecule has 3 N–H and O–H groups in total. The van der Waals surface area contributed by atoms with Crippen molar-refractivity contribution in [1.29, 1.82) is 0 Å². The van der Waals surface area contributed by atoms with Crippen molar-refractivity contribution in [3.8, 4) is 0 Å². The molecule has 0 unspecified atom stereocenters. The van der Waals surface area contributed by atoms with Crippen LogP contribution >= 0.6 is 11.6 Å². The van der Waals surface area contributed by atoms with Gasteiger partial charge in [-0.05, 0) is 36.0 Å². The minimum absolute atomic E-state index is 0.450. The number of nitrogens with one attached hydrogen (secondary N) is 1. The van der Waals surface area contributed by atoms with Gasteiger partial charge in [0.1, 0.15) is 6.29 Å². The second-order valence-corrected chi connectivity index (χ2v) is 4.64. The number of halogens is 1. The highest BCUT2D eigenvalue weighted by Gasteiger charge is 2.26. The van der Waals surface area contributed by atoms with Crippen molar-refractivity contribution in [2.24, 2.45) is 5.73 Å². The number of hydrogen-bond acceptors (Lipinski definition) is 3. The third-order valence-electron chi connectivity index (χ3n) is 2.78. The molecule has 0 amide bonds. The van der Waals surface area contributed by atoms with Crippen LogP contribution in [0.5, 0.6) is 0 Å². The van der Waals surface area contributed by atoms with Crippen LogP contribution in [0.4, 0.5) is 0 Å². The van der Waals surface area contributed by atoms with Gasteiger partial charge in [-0.15, -0.1) is 0 Å². The van der Waals surface area contributed by atoms with Crippen LogP contribution in [0.1, 0.15) is 29.9 Å². The van der Waals surface area contributed by atoms with E-state index < -0.39 is 0 Å². The molecule has 0 aliphatic heterocycles. The van der Waals surface area contributed by atoms with Gasteiger partial charge in [-0.2, -0.15) is 0 Å². The zero-order valence-electron chi connectivity index (χ0n) is 10.6. The van der Waals surface area contributed by atoms with E-state index in [2.05, 4.69) is 18.0 Å². The lowest BCUT2D eigenvalue weighted by Gasteiger charge is -2.07. The van der Waals surface area contributed by atoms with E-state index in [1.165, 1.54) is 18.4 Å². The Hall–Kier alpha value is -1.48. The van der Waals surface area contributed by atoms with Crippen LogP contribution in [-0.4, -0.2) is 13.3 Å². The Morgan fingerprint density at radius 1 is 1.61 bits per heavy atom. The van der Waals surface area contributed by atoms with Crippen molar-refractivity contribution in [3.05, 3.63) is 46.7 Å². The Morgan fingerprint density at radius 2 is 2.22 bits per heavy atom. The van der Waals surface area contributed by atoms with Crippen molar-refractivity contribution in [2.75, 3.05) is 7.05 Å². The molecule has 1 aliphatic rings. The molecule has 1 saturated carbocycles. The third-order valence-corrected chi connectivity index (χ3v) is 3.13. The van der Waals surface area contributed by atoms with Gasteiger partial charge < -0.3 is 15.8 Å². The molecule has 1 aromatic carbocycles. The zero-order chi connectivity index (χ0) is 13.5. The van der Waals surface area contributed by atoms with Gasteiger partial charge >= 0.3 is 0 Å². The number of carbonyl (C=O) groups is 1. The van der Waals surface area contributed by atoms with E-state index in [1.807, 2.05) is 12.1 Å². The highest BCUT2D eigenvalue weighted by molar-refractivity contribution is 6.31. The molecule has 0 saturated heterocycles. The third kappa shape index (κ3) is 4.41. The van der Waals surface area contributed by atoms with Gasteiger partial charge in [-0.1, -0.05) is 30.3 Å². The maximum absolute atomic E-state index is 10.5. The molecule has 0 atom stereocenters. The van der Waals surface area contributed by atoms with Gasteiger partial charge in [0.2, 0.25) is 0 Å². The maximum Gasteiger partial charge on any atom is 0.124 e. The molecular formula is C14H19ClN2O. The van der Waals surface area contributed by atoms with Crippen LogP contribution < -0.4 is 11.1 Å². The molecule has 4 heteroatoms. The number of carbonyl (C=O) groups excluding carboxylic acids is 1. The Kier molecular flexibility index (Phi) is 5.72. The molecule has 0 heterocycles. The van der Waals surface area contributed by atoms with Crippen LogP contribution in [0.3, 0.4) is 0 Å². The van der Waals surface area contributed by atoms with E-state index in [0.29, 0.717) is 18.2 Å². The Balaban J connectivity index is 0.000000280. The molecule has 0 radical (unpaired) electrons. The van der Waals surface area contributed by atoms with Gasteiger partial charge in [0, 0.05) is 18.5 Å². The summed E-state index contributed by atoms with van der Waals surface area (Å²) in [6.45, 7) is 3.34. The Morgan fingerprint density at radius 3 is 2.67 bits per heavy atom. The van der Waals surface area contributed by atoms with Crippen molar-refractivity contribution in [1.82, 2.24) is 5.32 Å². The summed E-state index contributed by atoms with van der Waals surface area (Å²) in [5, 5.41) is 3.34. The maximum atomic E-state index is 10.5. The molecule has 18 heavy (non-hydrogen) atoms. The van der Waals surface area contributed by atoms with Crippen LogP contribution in [0.25, 0.3) is 0 Å². The summed E-state index contributed by atoms with van der Waals surface area (Å²) in [6, 6.07) is 5.90. The summed E-state index contributed by atoms with van der Waals surface area (Å²) < 4.78 is 0. The van der Waals surface area contributed by atoms with Gasteiger partial charge in [-0.25, -0.2) is 0 Å². The molecule has 2 rings (SSSR count). The largest absolute Gasteiger partial charge is 0.386 e. The highest BCUT2D eigenvalue weighted by Crippen LogP contribution is 2.43. The molecule has 1 aromatic rings. The summed E-state index contributed by atoms with van der Waals surface area (Å²) in [7, 11) is 1.72. The van der Waals surface area contributed by atoms with E-state index in [9.17, 15) is 4.79 Å². The average molecular weight is 267 g/mol. The van der Waals surface area contributed by atoms with Gasteiger partial charge in [0.05, 0.1) is 5.82 Å². The second kappa shape index (κ2) is 7.07. The minimum atomic E-state index is 0.450. The van der Waals surface area contributed by atoms with Crippen molar-refractivity contribution in [2.45, 2.75) is 25.2 Å². The summed E-state index contributed by atoms with van der Waals surface area (Å²) >= 11 is 6.02. The molecule has 0 spiro atoms. The van der Waals surface area contributed by atoms with E-state index in [1.54, 1.807) is 7.05 Å². The van der Waals surface area contributed by atoms with Gasteiger partial charge in [0.25, 0.3) is 0 Å². The Labute approximate surface area is 113 Å². The zero-order valence-corrected chi connectivity index (χ0v) is 11.3. The number of hydrogen-bond donors (Lipinski definition) is 2. The lowest BCUT2D eigenvalue weighted by atomic mass is 10.0. The first kappa shape index (κ1) is 14.6. The first-order valence-corrected chi connectivity index (χ1v) is 6.31. The predicted octanol–water partition coefficient (Wildman–Crippen LogP) is 2.59. The van der Waals surface area contributed by atoms with Crippen molar-refractivity contribution in [3.63, 3.8) is 0 Å². The highest BCUT2D eigenvalue weighted by atomic mass is 35.5. The number of aldehydes is 1. The summed E-state index contributed by atoms with van der Waals surface area (Å²) in [4.78, 5) is 10.5. The molecular weight excluding hydrogens is 248 g/mol. The number of benzene rings is 1. The molecule has 1 fully saturated rings. The molecule has 0 aromatic heterocycles. The monoisotopic (exact) mass is 266 g/mol. The first-order chi connectivity index (χ1) is 8.60. The summed E-state index contributed by atoms with van der Waals surface area (Å²) in [6.07, 6.45) is 3.86. The average Bonchev–Trinajstić information content (AvgIpc) is 3.17. The minimum Gasteiger partial charge on any atom is -0.386 e. The fraction of sp³-hybridized carbons (Fsp3) is 0.357. The quantitative estimate of drug-likeness (QED) is 0.824. The molecule has 98 valence electrons. The molecule has 0 bridgehead atoms. The topological polar surface area (TPSA) is 55.1 Å². The SMILES string of the molecule is C=C(N)NC.O=CCc1c(Cl)cccc1C1CC1. The fourth-order valence-electron chi connectivity index (χ4n) is 1.65. The van der Waals surface area contributed by atoms with Crippen LogP contribution in [0, 0.1) is 0 Å². The van der Waals surface area contributed by atoms with Crippen molar-refractivity contribution >= 4 is 17.9 Å². The van der Waals surface area contributed by atoms with Crippen molar-refractivity contribution < 1.29 is 4.79 Å². The number of nitrogens with two attached hydrogens (primary N) is 1.